The highest BCUT2D eigenvalue weighted by Gasteiger charge is 2.42. The highest BCUT2D eigenvalue weighted by Crippen LogP contribution is 2.35. The molecule has 2 amide bonds. The Morgan fingerprint density at radius 1 is 1.00 bits per heavy atom. The van der Waals surface area contributed by atoms with Gasteiger partial charge in [0.15, 0.2) is 0 Å². The van der Waals surface area contributed by atoms with Crippen molar-refractivity contribution < 1.29 is 9.59 Å². The normalized spacial score (nSPS) is 22.2. The number of piperidine rings is 1. The number of benzene rings is 2. The number of carbonyl (C=O) groups is 2. The maximum atomic E-state index is 13.9. The van der Waals surface area contributed by atoms with Crippen LogP contribution in [0.2, 0.25) is 0 Å². The summed E-state index contributed by atoms with van der Waals surface area (Å²) in [5.74, 6) is -0.106. The van der Waals surface area contributed by atoms with E-state index in [0.717, 1.165) is 41.6 Å². The van der Waals surface area contributed by atoms with Crippen LogP contribution in [0, 0.1) is 25.7 Å². The average Bonchev–Trinajstić information content (AvgIpc) is 2.83. The van der Waals surface area contributed by atoms with Crippen molar-refractivity contribution in [3.05, 3.63) is 89.0 Å². The zero-order chi connectivity index (χ0) is 25.2. The van der Waals surface area contributed by atoms with Crippen LogP contribution in [0.1, 0.15) is 67.1 Å². The molecule has 0 bridgehead atoms. The van der Waals surface area contributed by atoms with Gasteiger partial charge in [-0.05, 0) is 67.3 Å². The van der Waals surface area contributed by atoms with Gasteiger partial charge in [0.1, 0.15) is 0 Å². The molecule has 1 heterocycles. The highest BCUT2D eigenvalue weighted by atomic mass is 16.2. The van der Waals surface area contributed by atoms with E-state index in [4.69, 9.17) is 0 Å². The zero-order valence-electron chi connectivity index (χ0n) is 21.7. The lowest BCUT2D eigenvalue weighted by atomic mass is 9.77. The van der Waals surface area contributed by atoms with Crippen LogP contribution in [0.4, 0.5) is 5.69 Å². The van der Waals surface area contributed by atoms with Crippen LogP contribution in [0.3, 0.4) is 0 Å². The minimum Gasteiger partial charge on any atom is -0.334 e. The molecule has 2 aromatic carbocycles. The number of amides is 2. The van der Waals surface area contributed by atoms with Crippen LogP contribution in [-0.2, 0) is 10.2 Å². The first-order valence-electron chi connectivity index (χ1n) is 12.8. The van der Waals surface area contributed by atoms with E-state index in [0.29, 0.717) is 6.54 Å². The number of nitrogens with one attached hydrogen (secondary N) is 1. The largest absolute Gasteiger partial charge is 0.334 e. The Morgan fingerprint density at radius 3 is 2.37 bits per heavy atom. The monoisotopic (exact) mass is 470 g/mol. The van der Waals surface area contributed by atoms with Crippen LogP contribution >= 0.6 is 0 Å². The molecule has 1 N–H and O–H groups in total. The lowest BCUT2D eigenvalue weighted by Gasteiger charge is -2.44. The first-order valence-corrected chi connectivity index (χ1v) is 12.8. The van der Waals surface area contributed by atoms with Gasteiger partial charge in [-0.15, -0.1) is 0 Å². The molecule has 1 aliphatic carbocycles. The fourth-order valence-electron chi connectivity index (χ4n) is 5.52. The maximum Gasteiger partial charge on any atom is 0.254 e. The van der Waals surface area contributed by atoms with Crippen molar-refractivity contribution in [3.8, 4) is 0 Å². The van der Waals surface area contributed by atoms with Gasteiger partial charge in [0, 0.05) is 23.7 Å². The molecule has 0 spiro atoms. The molecular formula is C31H38N2O2. The Hall–Kier alpha value is -3.14. The number of rotatable bonds is 4. The Bertz CT molecular complexity index is 1130. The third-order valence-corrected chi connectivity index (χ3v) is 7.43. The quantitative estimate of drug-likeness (QED) is 0.548. The van der Waals surface area contributed by atoms with Gasteiger partial charge in [0.2, 0.25) is 5.91 Å². The standard InChI is InChI=1S/C31H38N2O2/c1-21-12-9-13-22(2)27(21)30(35)33-19-11-18-26(28(33)23-14-7-6-8-15-23)29(34)32-25-17-10-16-24(20-25)31(3,4)5/h6-10,12-14,16-17,20,23,26,28H,11,15,18-19H2,1-5H3,(H,32,34)/t23-,26?,28?/m1/s1. The molecule has 1 aliphatic heterocycles. The molecule has 0 aromatic heterocycles. The Balaban J connectivity index is 1.65. The first-order chi connectivity index (χ1) is 16.7. The lowest BCUT2D eigenvalue weighted by molar-refractivity contribution is -0.123. The van der Waals surface area contributed by atoms with Crippen molar-refractivity contribution in [2.45, 2.75) is 65.3 Å². The average molecular weight is 471 g/mol. The molecule has 2 aromatic rings. The maximum absolute atomic E-state index is 13.9. The van der Waals surface area contributed by atoms with Crippen LogP contribution in [-0.4, -0.2) is 29.3 Å². The Kier molecular flexibility index (Phi) is 7.30. The predicted molar refractivity (Wildman–Crippen MR) is 144 cm³/mol. The topological polar surface area (TPSA) is 49.4 Å². The van der Waals surface area contributed by atoms with Gasteiger partial charge in [-0.1, -0.05) is 75.4 Å². The first kappa shape index (κ1) is 25.0. The molecule has 4 nitrogen and oxygen atoms in total. The van der Waals surface area contributed by atoms with Gasteiger partial charge in [0.25, 0.3) is 5.91 Å². The summed E-state index contributed by atoms with van der Waals surface area (Å²) >= 11 is 0. The van der Waals surface area contributed by atoms with Gasteiger partial charge in [-0.3, -0.25) is 9.59 Å². The lowest BCUT2D eigenvalue weighted by Crippen LogP contribution is -2.55. The smallest absolute Gasteiger partial charge is 0.254 e. The number of aryl methyl sites for hydroxylation is 2. The minimum absolute atomic E-state index is 0.00194. The minimum atomic E-state index is -0.267. The van der Waals surface area contributed by atoms with Gasteiger partial charge < -0.3 is 10.2 Å². The van der Waals surface area contributed by atoms with E-state index in [1.165, 1.54) is 5.56 Å². The molecule has 2 unspecified atom stereocenters. The van der Waals surface area contributed by atoms with E-state index < -0.39 is 0 Å². The third-order valence-electron chi connectivity index (χ3n) is 7.43. The zero-order valence-corrected chi connectivity index (χ0v) is 21.7. The van der Waals surface area contributed by atoms with Gasteiger partial charge in [-0.2, -0.15) is 0 Å². The highest BCUT2D eigenvalue weighted by molar-refractivity contribution is 5.99. The molecule has 4 heteroatoms. The summed E-state index contributed by atoms with van der Waals surface area (Å²) in [5.41, 5.74) is 4.74. The molecule has 0 radical (unpaired) electrons. The van der Waals surface area contributed by atoms with Gasteiger partial charge >= 0.3 is 0 Å². The van der Waals surface area contributed by atoms with Crippen molar-refractivity contribution in [1.29, 1.82) is 0 Å². The van der Waals surface area contributed by atoms with E-state index in [-0.39, 0.29) is 35.1 Å². The van der Waals surface area contributed by atoms with Crippen LogP contribution in [0.5, 0.6) is 0 Å². The van der Waals surface area contributed by atoms with Crippen molar-refractivity contribution in [2.75, 3.05) is 11.9 Å². The Labute approximate surface area is 210 Å². The van der Waals surface area contributed by atoms with E-state index in [1.54, 1.807) is 0 Å². The number of nitrogens with zero attached hydrogens (tertiary/aromatic N) is 1. The number of hydrogen-bond donors (Lipinski definition) is 1. The number of carbonyl (C=O) groups excluding carboxylic acids is 2. The van der Waals surface area contributed by atoms with Crippen LogP contribution in [0.25, 0.3) is 0 Å². The molecular weight excluding hydrogens is 432 g/mol. The van der Waals surface area contributed by atoms with E-state index in [1.807, 2.05) is 61.2 Å². The molecule has 1 fully saturated rings. The third kappa shape index (κ3) is 5.42. The molecule has 2 aliphatic rings. The molecule has 1 saturated heterocycles. The van der Waals surface area contributed by atoms with Gasteiger partial charge in [-0.25, -0.2) is 0 Å². The summed E-state index contributed by atoms with van der Waals surface area (Å²) in [4.78, 5) is 29.6. The van der Waals surface area contributed by atoms with Crippen molar-refractivity contribution >= 4 is 17.5 Å². The molecule has 35 heavy (non-hydrogen) atoms. The number of anilines is 1. The van der Waals surface area contributed by atoms with E-state index >= 15 is 0 Å². The summed E-state index contributed by atoms with van der Waals surface area (Å²) in [5, 5.41) is 3.20. The van der Waals surface area contributed by atoms with Crippen LogP contribution < -0.4 is 5.32 Å². The fraction of sp³-hybridized carbons (Fsp3) is 0.419. The van der Waals surface area contributed by atoms with Crippen molar-refractivity contribution in [1.82, 2.24) is 4.90 Å². The number of likely N-dealkylation sites (tertiary alicyclic amines) is 1. The molecule has 0 saturated carbocycles. The van der Waals surface area contributed by atoms with Crippen LogP contribution in [0.15, 0.2) is 66.8 Å². The van der Waals surface area contributed by atoms with E-state index in [2.05, 4.69) is 50.4 Å². The van der Waals surface area contributed by atoms with Gasteiger partial charge in [0.05, 0.1) is 12.0 Å². The predicted octanol–water partition coefficient (Wildman–Crippen LogP) is 6.59. The second-order valence-corrected chi connectivity index (χ2v) is 11.0. The summed E-state index contributed by atoms with van der Waals surface area (Å²) in [6.45, 7) is 11.2. The summed E-state index contributed by atoms with van der Waals surface area (Å²) in [7, 11) is 0. The summed E-state index contributed by atoms with van der Waals surface area (Å²) in [6.07, 6.45) is 10.8. The summed E-state index contributed by atoms with van der Waals surface area (Å²) in [6, 6.07) is 13.9. The van der Waals surface area contributed by atoms with Crippen molar-refractivity contribution in [2.24, 2.45) is 11.8 Å². The SMILES string of the molecule is Cc1cccc(C)c1C(=O)N1CCCC(C(=O)Nc2cccc(C(C)(C)C)c2)C1[C@@H]1C=CC=CC1. The fourth-order valence-corrected chi connectivity index (χ4v) is 5.52. The van der Waals surface area contributed by atoms with Crippen molar-refractivity contribution in [3.63, 3.8) is 0 Å². The Morgan fingerprint density at radius 2 is 1.71 bits per heavy atom. The summed E-state index contributed by atoms with van der Waals surface area (Å²) < 4.78 is 0. The number of allylic oxidation sites excluding steroid dienone is 3. The molecule has 4 rings (SSSR count). The molecule has 3 atom stereocenters. The van der Waals surface area contributed by atoms with E-state index in [9.17, 15) is 9.59 Å². The second-order valence-electron chi connectivity index (χ2n) is 11.0. The molecule has 184 valence electrons. The second kappa shape index (κ2) is 10.2. The number of hydrogen-bond acceptors (Lipinski definition) is 2.